The van der Waals surface area contributed by atoms with Gasteiger partial charge in [0.05, 0.1) is 0 Å². The lowest BCUT2D eigenvalue weighted by atomic mass is 10.1. The van der Waals surface area contributed by atoms with E-state index in [0.717, 1.165) is 0 Å². The van der Waals surface area contributed by atoms with Crippen molar-refractivity contribution in [3.05, 3.63) is 0 Å². The Bertz CT molecular complexity index is 93.0. The van der Waals surface area contributed by atoms with Gasteiger partial charge in [-0.05, 0) is 38.9 Å². The monoisotopic (exact) mass is 156 g/mol. The maximum Gasteiger partial charge on any atom is 0.00631 e. The van der Waals surface area contributed by atoms with Crippen molar-refractivity contribution in [3.8, 4) is 0 Å². The molecular formula is C9H20N2. The maximum absolute atomic E-state index is 5.80. The van der Waals surface area contributed by atoms with E-state index in [2.05, 4.69) is 11.8 Å². The third-order valence-electron chi connectivity index (χ3n) is 2.46. The normalized spacial score (nSPS) is 22.4. The minimum absolute atomic E-state index is 0.480. The molecule has 1 aliphatic heterocycles. The van der Waals surface area contributed by atoms with Crippen molar-refractivity contribution in [2.24, 2.45) is 5.73 Å². The summed E-state index contributed by atoms with van der Waals surface area (Å²) in [5.41, 5.74) is 5.80. The Balaban J connectivity index is 2.07. The highest BCUT2D eigenvalue weighted by atomic mass is 15.1. The van der Waals surface area contributed by atoms with Gasteiger partial charge in [-0.1, -0.05) is 13.3 Å². The van der Waals surface area contributed by atoms with E-state index in [1.165, 1.54) is 45.3 Å². The summed E-state index contributed by atoms with van der Waals surface area (Å²) in [6, 6.07) is 0.480. The second kappa shape index (κ2) is 4.73. The van der Waals surface area contributed by atoms with Crippen LogP contribution in [0.15, 0.2) is 0 Å². The lowest BCUT2D eigenvalue weighted by Gasteiger charge is -2.29. The second-order valence-electron chi connectivity index (χ2n) is 3.53. The molecule has 2 heteroatoms. The molecule has 2 nitrogen and oxygen atoms in total. The molecule has 1 saturated heterocycles. The molecule has 2 N–H and O–H groups in total. The van der Waals surface area contributed by atoms with Gasteiger partial charge >= 0.3 is 0 Å². The number of hydrogen-bond donors (Lipinski definition) is 1. The standard InChI is InChI=1S/C9H20N2/c1-2-3-6-11-7-4-9(10)5-8-11/h9H,2-8,10H2,1H3. The topological polar surface area (TPSA) is 29.3 Å². The molecule has 0 saturated carbocycles. The zero-order chi connectivity index (χ0) is 8.10. The van der Waals surface area contributed by atoms with Crippen LogP contribution < -0.4 is 5.73 Å². The summed E-state index contributed by atoms with van der Waals surface area (Å²) in [5.74, 6) is 0. The van der Waals surface area contributed by atoms with Crippen molar-refractivity contribution < 1.29 is 0 Å². The van der Waals surface area contributed by atoms with Crippen molar-refractivity contribution in [1.82, 2.24) is 4.90 Å². The molecule has 11 heavy (non-hydrogen) atoms. The number of rotatable bonds is 3. The highest BCUT2D eigenvalue weighted by molar-refractivity contribution is 4.73. The molecule has 0 spiro atoms. The molecule has 1 fully saturated rings. The number of likely N-dealkylation sites (tertiary alicyclic amines) is 1. The zero-order valence-electron chi connectivity index (χ0n) is 7.55. The molecule has 1 aliphatic rings. The minimum Gasteiger partial charge on any atom is -0.328 e. The Hall–Kier alpha value is -0.0800. The van der Waals surface area contributed by atoms with Gasteiger partial charge in [0.15, 0.2) is 0 Å². The number of unbranched alkanes of at least 4 members (excludes halogenated alkanes) is 1. The molecule has 0 aromatic carbocycles. The molecule has 0 amide bonds. The van der Waals surface area contributed by atoms with Crippen LogP contribution in [-0.2, 0) is 0 Å². The molecule has 0 unspecified atom stereocenters. The van der Waals surface area contributed by atoms with Gasteiger partial charge in [0, 0.05) is 6.04 Å². The highest BCUT2D eigenvalue weighted by Gasteiger charge is 2.14. The Labute approximate surface area is 69.8 Å². The van der Waals surface area contributed by atoms with Crippen LogP contribution in [0.25, 0.3) is 0 Å². The first-order chi connectivity index (χ1) is 5.33. The van der Waals surface area contributed by atoms with Crippen LogP contribution in [0.3, 0.4) is 0 Å². The molecular weight excluding hydrogens is 136 g/mol. The van der Waals surface area contributed by atoms with E-state index in [1.807, 2.05) is 0 Å². The molecule has 0 aromatic rings. The number of hydrogen-bond acceptors (Lipinski definition) is 2. The van der Waals surface area contributed by atoms with Gasteiger partial charge in [-0.2, -0.15) is 0 Å². The third kappa shape index (κ3) is 3.21. The lowest BCUT2D eigenvalue weighted by Crippen LogP contribution is -2.39. The van der Waals surface area contributed by atoms with Gasteiger partial charge in [0.1, 0.15) is 0 Å². The molecule has 0 atom stereocenters. The van der Waals surface area contributed by atoms with E-state index in [0.29, 0.717) is 6.04 Å². The summed E-state index contributed by atoms with van der Waals surface area (Å²) in [6.07, 6.45) is 5.05. The van der Waals surface area contributed by atoms with Gasteiger partial charge in [-0.3, -0.25) is 0 Å². The van der Waals surface area contributed by atoms with Gasteiger partial charge in [0.25, 0.3) is 0 Å². The number of nitrogens with two attached hydrogens (primary N) is 1. The number of nitrogens with zero attached hydrogens (tertiary/aromatic N) is 1. The zero-order valence-corrected chi connectivity index (χ0v) is 7.55. The maximum atomic E-state index is 5.80. The van der Waals surface area contributed by atoms with E-state index in [1.54, 1.807) is 0 Å². The fraction of sp³-hybridized carbons (Fsp3) is 1.00. The Morgan fingerprint density at radius 1 is 1.36 bits per heavy atom. The second-order valence-corrected chi connectivity index (χ2v) is 3.53. The Kier molecular flexibility index (Phi) is 3.87. The van der Waals surface area contributed by atoms with Crippen molar-refractivity contribution in [1.29, 1.82) is 0 Å². The molecule has 66 valence electrons. The summed E-state index contributed by atoms with van der Waals surface area (Å²) in [6.45, 7) is 5.97. The fourth-order valence-electron chi connectivity index (χ4n) is 1.56. The van der Waals surface area contributed by atoms with Gasteiger partial charge in [-0.15, -0.1) is 0 Å². The first-order valence-electron chi connectivity index (χ1n) is 4.81. The fourth-order valence-corrected chi connectivity index (χ4v) is 1.56. The smallest absolute Gasteiger partial charge is 0.00631 e. The minimum atomic E-state index is 0.480. The van der Waals surface area contributed by atoms with Crippen LogP contribution in [0.2, 0.25) is 0 Å². The quantitative estimate of drug-likeness (QED) is 0.665. The highest BCUT2D eigenvalue weighted by Crippen LogP contribution is 2.08. The van der Waals surface area contributed by atoms with E-state index in [-0.39, 0.29) is 0 Å². The van der Waals surface area contributed by atoms with E-state index >= 15 is 0 Å². The van der Waals surface area contributed by atoms with E-state index in [9.17, 15) is 0 Å². The Morgan fingerprint density at radius 3 is 2.55 bits per heavy atom. The molecule has 0 aromatic heterocycles. The first kappa shape index (κ1) is 9.01. The van der Waals surface area contributed by atoms with Crippen molar-refractivity contribution in [2.75, 3.05) is 19.6 Å². The largest absolute Gasteiger partial charge is 0.328 e. The molecule has 0 radical (unpaired) electrons. The van der Waals surface area contributed by atoms with Crippen LogP contribution >= 0.6 is 0 Å². The van der Waals surface area contributed by atoms with E-state index < -0.39 is 0 Å². The van der Waals surface area contributed by atoms with Crippen molar-refractivity contribution in [3.63, 3.8) is 0 Å². The summed E-state index contributed by atoms with van der Waals surface area (Å²) < 4.78 is 0. The van der Waals surface area contributed by atoms with Crippen molar-refractivity contribution in [2.45, 2.75) is 38.6 Å². The summed E-state index contributed by atoms with van der Waals surface area (Å²) in [5, 5.41) is 0. The van der Waals surface area contributed by atoms with Gasteiger partial charge < -0.3 is 10.6 Å². The number of piperidine rings is 1. The first-order valence-corrected chi connectivity index (χ1v) is 4.81. The van der Waals surface area contributed by atoms with Gasteiger partial charge in [-0.25, -0.2) is 0 Å². The molecule has 1 heterocycles. The van der Waals surface area contributed by atoms with E-state index in [4.69, 9.17) is 5.73 Å². The predicted molar refractivity (Wildman–Crippen MR) is 48.6 cm³/mol. The third-order valence-corrected chi connectivity index (χ3v) is 2.46. The predicted octanol–water partition coefficient (Wildman–Crippen LogP) is 1.21. The van der Waals surface area contributed by atoms with Crippen LogP contribution in [0.1, 0.15) is 32.6 Å². The molecule has 0 aliphatic carbocycles. The average Bonchev–Trinajstić information content (AvgIpc) is 2.04. The molecule has 0 bridgehead atoms. The van der Waals surface area contributed by atoms with Crippen LogP contribution in [0.5, 0.6) is 0 Å². The van der Waals surface area contributed by atoms with Crippen LogP contribution in [0, 0.1) is 0 Å². The summed E-state index contributed by atoms with van der Waals surface area (Å²) >= 11 is 0. The van der Waals surface area contributed by atoms with Crippen LogP contribution in [-0.4, -0.2) is 30.6 Å². The van der Waals surface area contributed by atoms with Gasteiger partial charge in [0.2, 0.25) is 0 Å². The SMILES string of the molecule is CCCCN1CCC(N)CC1. The molecule has 1 rings (SSSR count). The Morgan fingerprint density at radius 2 is 2.00 bits per heavy atom. The summed E-state index contributed by atoms with van der Waals surface area (Å²) in [7, 11) is 0. The van der Waals surface area contributed by atoms with Crippen molar-refractivity contribution >= 4 is 0 Å². The average molecular weight is 156 g/mol. The lowest BCUT2D eigenvalue weighted by molar-refractivity contribution is 0.210. The summed E-state index contributed by atoms with van der Waals surface area (Å²) in [4.78, 5) is 2.53. The van der Waals surface area contributed by atoms with Crippen LogP contribution in [0.4, 0.5) is 0 Å².